The van der Waals surface area contributed by atoms with Crippen LogP contribution in [0.3, 0.4) is 0 Å². The molecule has 0 aliphatic heterocycles. The Labute approximate surface area is 416 Å². The molecule has 0 N–H and O–H groups in total. The minimum atomic E-state index is -2.14. The standard InChI is InChI=1S/C36H31N2S.C25H25N2.Ir/c1-21(2)26-10-8-11-27(22(3)4)34(26)38-32-15-7-6-14-31(32)37-36(38)29-13-9-12-28-30-19-25-18-23(5)16-17-24(25)20-33(30)39-35(28)29;1-17(2)20-13-10-14-21(18(3)4)24(20)27-23-16-9-8-15-22(23)26-25(27)19-11-6-5-7-12-19;/h6-12,14-22H,1-5H3;5-11,13-18H,1-4H3;/q2*-1;/i5D3;;. The fourth-order valence-electron chi connectivity index (χ4n) is 9.58. The smallest absolute Gasteiger partial charge is 0.0774 e. The second kappa shape index (κ2) is 18.8. The number of hydrogen-bond donors (Lipinski definition) is 0. The molecule has 0 aliphatic carbocycles. The summed E-state index contributed by atoms with van der Waals surface area (Å²) in [6.07, 6.45) is 0. The first-order valence-electron chi connectivity index (χ1n) is 24.7. The van der Waals surface area contributed by atoms with Crippen LogP contribution in [0.4, 0.5) is 0 Å². The number of thiophene rings is 1. The summed E-state index contributed by atoms with van der Waals surface area (Å²) < 4.78 is 30.6. The molecule has 0 saturated heterocycles. The van der Waals surface area contributed by atoms with Crippen LogP contribution in [-0.2, 0) is 20.1 Å². The molecule has 0 unspecified atom stereocenters. The first-order chi connectivity index (χ1) is 33.2. The summed E-state index contributed by atoms with van der Waals surface area (Å²) in [6, 6.07) is 59.0. The number of para-hydroxylation sites is 6. The van der Waals surface area contributed by atoms with Crippen LogP contribution in [-0.4, -0.2) is 19.1 Å². The molecule has 3 aromatic heterocycles. The van der Waals surface area contributed by atoms with E-state index in [9.17, 15) is 0 Å². The van der Waals surface area contributed by atoms with Crippen molar-refractivity contribution in [3.05, 3.63) is 192 Å². The molecule has 0 amide bonds. The summed E-state index contributed by atoms with van der Waals surface area (Å²) in [5.74, 6) is 3.36. The van der Waals surface area contributed by atoms with E-state index in [1.165, 1.54) is 33.6 Å². The van der Waals surface area contributed by atoms with E-state index in [0.717, 1.165) is 75.8 Å². The maximum absolute atomic E-state index is 7.88. The van der Waals surface area contributed by atoms with Gasteiger partial charge in [-0.05, 0) is 110 Å². The van der Waals surface area contributed by atoms with Crippen molar-refractivity contribution in [2.45, 2.75) is 85.9 Å². The average Bonchev–Trinajstić information content (AvgIpc) is 4.04. The molecule has 0 fully saturated rings. The van der Waals surface area contributed by atoms with Gasteiger partial charge >= 0.3 is 0 Å². The average molecular weight is 1070 g/mol. The minimum Gasteiger partial charge on any atom is -0.333 e. The Morgan fingerprint density at radius 2 is 1.06 bits per heavy atom. The summed E-state index contributed by atoms with van der Waals surface area (Å²) in [6.45, 7) is 15.9. The third kappa shape index (κ3) is 8.35. The van der Waals surface area contributed by atoms with Crippen LogP contribution in [0.15, 0.2) is 152 Å². The summed E-state index contributed by atoms with van der Waals surface area (Å²) in [4.78, 5) is 10.2. The Morgan fingerprint density at radius 1 is 0.507 bits per heavy atom. The van der Waals surface area contributed by atoms with Crippen LogP contribution >= 0.6 is 11.3 Å². The molecular weight excluding hydrogens is 1010 g/mol. The van der Waals surface area contributed by atoms with Gasteiger partial charge in [-0.2, -0.15) is 11.3 Å². The Balaban J connectivity index is 0.000000188. The monoisotopic (exact) mass is 1070 g/mol. The summed E-state index contributed by atoms with van der Waals surface area (Å²) in [7, 11) is 0. The number of fused-ring (bicyclic) bond motifs is 6. The number of rotatable bonds is 8. The van der Waals surface area contributed by atoms with E-state index in [1.54, 1.807) is 23.5 Å². The zero-order valence-electron chi connectivity index (χ0n) is 42.3. The Bertz CT molecular complexity index is 3640. The minimum absolute atomic E-state index is 0. The SMILES string of the molecule is CC(C)c1cccc(C(C)C)c1-n1c(-c2[c-]cccc2)nc2ccccc21.[2H]C([2H])([2H])c1ccc2cc3sc4c(-c5nc6ccccc6n5-c5c(C(C)C)cccc5C(C)C)[c-]ccc4c3cc2c1.[Ir]. The number of aromatic nitrogens is 4. The molecule has 8 aromatic carbocycles. The van der Waals surface area contributed by atoms with Crippen molar-refractivity contribution >= 4 is 64.3 Å². The van der Waals surface area contributed by atoms with Gasteiger partial charge in [0.2, 0.25) is 0 Å². The van der Waals surface area contributed by atoms with Crippen LogP contribution in [0, 0.1) is 19.0 Å². The van der Waals surface area contributed by atoms with Crippen molar-refractivity contribution in [1.82, 2.24) is 19.1 Å². The molecule has 0 spiro atoms. The molecule has 11 aromatic rings. The van der Waals surface area contributed by atoms with Gasteiger partial charge < -0.3 is 9.13 Å². The zero-order valence-corrected chi connectivity index (χ0v) is 42.5. The van der Waals surface area contributed by atoms with E-state index in [4.69, 9.17) is 14.1 Å². The van der Waals surface area contributed by atoms with Gasteiger partial charge in [-0.25, -0.2) is 0 Å². The molecule has 6 heteroatoms. The van der Waals surface area contributed by atoms with Gasteiger partial charge in [0.05, 0.1) is 33.7 Å². The summed E-state index contributed by atoms with van der Waals surface area (Å²) in [5, 5.41) is 4.22. The topological polar surface area (TPSA) is 35.6 Å². The van der Waals surface area contributed by atoms with Crippen molar-refractivity contribution in [1.29, 1.82) is 0 Å². The molecule has 3 heterocycles. The van der Waals surface area contributed by atoms with Crippen molar-refractivity contribution in [3.63, 3.8) is 0 Å². The van der Waals surface area contributed by atoms with Crippen LogP contribution in [0.25, 0.3) is 87.2 Å². The van der Waals surface area contributed by atoms with E-state index in [2.05, 4.69) is 180 Å². The third-order valence-corrected chi connectivity index (χ3v) is 14.0. The maximum Gasteiger partial charge on any atom is 0.0774 e. The molecular formula is C61H56IrN4S-2. The molecule has 1 radical (unpaired) electrons. The molecule has 0 atom stereocenters. The van der Waals surface area contributed by atoms with Crippen molar-refractivity contribution in [2.24, 2.45) is 0 Å². The fraction of sp³-hybridized carbons (Fsp3) is 0.213. The van der Waals surface area contributed by atoms with E-state index < -0.39 is 6.85 Å². The molecule has 11 rings (SSSR count). The van der Waals surface area contributed by atoms with Crippen molar-refractivity contribution in [3.8, 4) is 34.2 Å². The largest absolute Gasteiger partial charge is 0.333 e. The van der Waals surface area contributed by atoms with Crippen LogP contribution in [0.2, 0.25) is 0 Å². The van der Waals surface area contributed by atoms with Gasteiger partial charge in [-0.1, -0.05) is 151 Å². The van der Waals surface area contributed by atoms with Gasteiger partial charge in [-0.3, -0.25) is 9.97 Å². The Morgan fingerprint density at radius 3 is 1.61 bits per heavy atom. The first-order valence-corrected chi connectivity index (χ1v) is 24.0. The second-order valence-corrected chi connectivity index (χ2v) is 19.6. The van der Waals surface area contributed by atoms with E-state index >= 15 is 0 Å². The van der Waals surface area contributed by atoms with Gasteiger partial charge in [-0.15, -0.1) is 54.1 Å². The molecule has 67 heavy (non-hydrogen) atoms. The zero-order chi connectivity index (χ0) is 48.3. The maximum atomic E-state index is 7.88. The predicted octanol–water partition coefficient (Wildman–Crippen LogP) is 17.3. The van der Waals surface area contributed by atoms with E-state index in [-0.39, 0.29) is 20.1 Å². The van der Waals surface area contributed by atoms with Crippen LogP contribution in [0.1, 0.15) is 111 Å². The Kier molecular flexibility index (Phi) is 11.9. The predicted molar refractivity (Wildman–Crippen MR) is 282 cm³/mol. The van der Waals surface area contributed by atoms with Crippen molar-refractivity contribution in [2.75, 3.05) is 0 Å². The number of nitrogens with zero attached hydrogens (tertiary/aromatic N) is 4. The number of imidazole rings is 2. The first kappa shape index (κ1) is 42.2. The van der Waals surface area contributed by atoms with Crippen molar-refractivity contribution < 1.29 is 24.2 Å². The second-order valence-electron chi connectivity index (χ2n) is 18.6. The summed E-state index contributed by atoms with van der Waals surface area (Å²) >= 11 is 1.75. The summed E-state index contributed by atoms with van der Waals surface area (Å²) in [5.41, 5.74) is 14.3. The normalized spacial score (nSPS) is 12.6. The molecule has 0 saturated carbocycles. The van der Waals surface area contributed by atoms with E-state index in [0.29, 0.717) is 29.2 Å². The third-order valence-electron chi connectivity index (χ3n) is 12.8. The number of hydrogen-bond acceptors (Lipinski definition) is 3. The van der Waals surface area contributed by atoms with Gasteiger partial charge in [0.15, 0.2) is 0 Å². The fourth-order valence-corrected chi connectivity index (χ4v) is 10.8. The molecule has 0 bridgehead atoms. The Hall–Kier alpha value is -6.17. The van der Waals surface area contributed by atoms with Crippen LogP contribution < -0.4 is 0 Å². The molecule has 0 aliphatic rings. The van der Waals surface area contributed by atoms with E-state index in [1.807, 2.05) is 36.4 Å². The number of aryl methyl sites for hydroxylation is 1. The quantitative estimate of drug-likeness (QED) is 0.142. The van der Waals surface area contributed by atoms with Gasteiger partial charge in [0, 0.05) is 40.3 Å². The molecule has 337 valence electrons. The number of benzene rings is 8. The molecule has 4 nitrogen and oxygen atoms in total. The van der Waals surface area contributed by atoms with Crippen LogP contribution in [0.5, 0.6) is 0 Å². The van der Waals surface area contributed by atoms with Gasteiger partial charge in [0.1, 0.15) is 0 Å². The van der Waals surface area contributed by atoms with Gasteiger partial charge in [0.25, 0.3) is 0 Å².